The number of nitrogens with two attached hydrogens (primary N) is 1. The minimum atomic E-state index is -0.325. The molecule has 2 aliphatic carbocycles. The number of nitrogens with one attached hydrogen (secondary N) is 1. The summed E-state index contributed by atoms with van der Waals surface area (Å²) in [7, 11) is 0. The van der Waals surface area contributed by atoms with Gasteiger partial charge in [-0.2, -0.15) is 5.26 Å². The summed E-state index contributed by atoms with van der Waals surface area (Å²) >= 11 is 6.21. The van der Waals surface area contributed by atoms with E-state index in [1.54, 1.807) is 18.2 Å². The normalized spacial score (nSPS) is 27.6. The molecular weight excluding hydrogens is 510 g/mol. The van der Waals surface area contributed by atoms with Crippen LogP contribution in [0.5, 0.6) is 5.75 Å². The maximum absolute atomic E-state index is 13.2. The van der Waals surface area contributed by atoms with E-state index in [9.17, 15) is 4.79 Å². The number of ether oxygens (including phenoxy) is 1. The molecule has 5 rings (SSSR count). The predicted molar refractivity (Wildman–Crippen MR) is 154 cm³/mol. The van der Waals surface area contributed by atoms with E-state index in [4.69, 9.17) is 27.3 Å². The SMILES string of the molecule is CC1(C)C(NC(=O)c2ccc(N3CCC(CC4CC(N)C4)CC3)cn2)C(C)(C)C1Oc1ccc(C#N)c(Cl)c1. The van der Waals surface area contributed by atoms with Gasteiger partial charge in [0.2, 0.25) is 0 Å². The van der Waals surface area contributed by atoms with Crippen molar-refractivity contribution < 1.29 is 9.53 Å². The first-order valence-electron chi connectivity index (χ1n) is 14.1. The van der Waals surface area contributed by atoms with E-state index in [1.807, 2.05) is 18.3 Å². The molecule has 2 saturated carbocycles. The summed E-state index contributed by atoms with van der Waals surface area (Å²) in [5, 5.41) is 12.7. The Kier molecular flexibility index (Phi) is 7.56. The largest absolute Gasteiger partial charge is 0.489 e. The highest BCUT2D eigenvalue weighted by Gasteiger charge is 2.64. The molecular formula is C31H40ClN5O2. The molecule has 1 amide bonds. The molecule has 208 valence electrons. The van der Waals surface area contributed by atoms with Crippen molar-refractivity contribution in [1.82, 2.24) is 10.3 Å². The maximum Gasteiger partial charge on any atom is 0.270 e. The number of anilines is 1. The fourth-order valence-corrected chi connectivity index (χ4v) is 7.60. The lowest BCUT2D eigenvalue weighted by molar-refractivity contribution is -0.164. The van der Waals surface area contributed by atoms with Crippen LogP contribution in [0.1, 0.15) is 75.9 Å². The van der Waals surface area contributed by atoms with E-state index < -0.39 is 0 Å². The van der Waals surface area contributed by atoms with Gasteiger partial charge in [0.05, 0.1) is 22.5 Å². The zero-order chi connectivity index (χ0) is 27.9. The first kappa shape index (κ1) is 27.7. The van der Waals surface area contributed by atoms with Gasteiger partial charge in [0.1, 0.15) is 23.6 Å². The third-order valence-corrected chi connectivity index (χ3v) is 9.64. The minimum Gasteiger partial charge on any atom is -0.489 e. The molecule has 2 heterocycles. The monoisotopic (exact) mass is 549 g/mol. The zero-order valence-corrected chi connectivity index (χ0v) is 24.2. The first-order chi connectivity index (χ1) is 18.5. The van der Waals surface area contributed by atoms with Crippen LogP contribution in [0.15, 0.2) is 36.5 Å². The number of amides is 1. The second-order valence-corrected chi connectivity index (χ2v) is 13.4. The molecule has 0 atom stereocenters. The molecule has 0 bridgehead atoms. The Morgan fingerprint density at radius 2 is 1.85 bits per heavy atom. The Balaban J connectivity index is 1.16. The van der Waals surface area contributed by atoms with Crippen LogP contribution >= 0.6 is 11.6 Å². The second kappa shape index (κ2) is 10.6. The van der Waals surface area contributed by atoms with E-state index in [1.165, 1.54) is 32.1 Å². The van der Waals surface area contributed by atoms with Crippen molar-refractivity contribution in [3.05, 3.63) is 52.8 Å². The number of halogens is 1. The maximum atomic E-state index is 13.2. The second-order valence-electron chi connectivity index (χ2n) is 13.0. The predicted octanol–water partition coefficient (Wildman–Crippen LogP) is 5.56. The summed E-state index contributed by atoms with van der Waals surface area (Å²) in [6.07, 6.45) is 7.80. The van der Waals surface area contributed by atoms with Gasteiger partial charge < -0.3 is 20.7 Å². The summed E-state index contributed by atoms with van der Waals surface area (Å²) in [6, 6.07) is 11.3. The molecule has 3 aliphatic rings. The Morgan fingerprint density at radius 3 is 2.41 bits per heavy atom. The molecule has 1 aromatic carbocycles. The van der Waals surface area contributed by atoms with E-state index >= 15 is 0 Å². The highest BCUT2D eigenvalue weighted by molar-refractivity contribution is 6.31. The molecule has 3 N–H and O–H groups in total. The van der Waals surface area contributed by atoms with Gasteiger partial charge in [-0.15, -0.1) is 0 Å². The van der Waals surface area contributed by atoms with E-state index in [-0.39, 0.29) is 28.9 Å². The number of pyridine rings is 1. The lowest BCUT2D eigenvalue weighted by atomic mass is 9.49. The molecule has 7 nitrogen and oxygen atoms in total. The topological polar surface area (TPSA) is 104 Å². The smallest absolute Gasteiger partial charge is 0.270 e. The molecule has 3 fully saturated rings. The molecule has 1 saturated heterocycles. The number of carbonyl (C=O) groups excluding carboxylic acids is 1. The molecule has 1 aromatic heterocycles. The number of nitrogens with zero attached hydrogens (tertiary/aromatic N) is 3. The van der Waals surface area contributed by atoms with Crippen LogP contribution in [0.4, 0.5) is 5.69 Å². The first-order valence-corrected chi connectivity index (χ1v) is 14.5. The Morgan fingerprint density at radius 1 is 1.15 bits per heavy atom. The summed E-state index contributed by atoms with van der Waals surface area (Å²) in [5.74, 6) is 2.07. The lowest BCUT2D eigenvalue weighted by Crippen LogP contribution is -2.74. The summed E-state index contributed by atoms with van der Waals surface area (Å²) < 4.78 is 6.33. The van der Waals surface area contributed by atoms with Crippen LogP contribution < -0.4 is 20.7 Å². The standard InChI is InChI=1S/C31H40ClN5O2/c1-30(2)28(31(3,4)29(30)39-24-7-5-21(17-33)25(32)16-24)36-27(38)26-8-6-23(18-35-26)37-11-9-19(10-12-37)13-20-14-22(34)15-20/h5-8,16,18-20,22,28-29H,9-15,34H2,1-4H3,(H,36,38). The Hall–Kier alpha value is -2.82. The number of hydrogen-bond donors (Lipinski definition) is 2. The van der Waals surface area contributed by atoms with Crippen molar-refractivity contribution in [3.63, 3.8) is 0 Å². The van der Waals surface area contributed by atoms with Gasteiger partial charge in [-0.05, 0) is 68.2 Å². The van der Waals surface area contributed by atoms with Crippen LogP contribution in [-0.4, -0.2) is 42.2 Å². The van der Waals surface area contributed by atoms with Crippen molar-refractivity contribution in [2.45, 2.75) is 78.0 Å². The van der Waals surface area contributed by atoms with Gasteiger partial charge >= 0.3 is 0 Å². The number of piperidine rings is 1. The Labute approximate surface area is 237 Å². The highest BCUT2D eigenvalue weighted by Crippen LogP contribution is 2.55. The van der Waals surface area contributed by atoms with Crippen molar-refractivity contribution in [1.29, 1.82) is 5.26 Å². The molecule has 8 heteroatoms. The van der Waals surface area contributed by atoms with Crippen molar-refractivity contribution in [3.8, 4) is 11.8 Å². The van der Waals surface area contributed by atoms with Crippen LogP contribution in [0.3, 0.4) is 0 Å². The van der Waals surface area contributed by atoms with Crippen LogP contribution in [0.25, 0.3) is 0 Å². The van der Waals surface area contributed by atoms with Gasteiger partial charge in [0.25, 0.3) is 5.91 Å². The third kappa shape index (κ3) is 5.47. The lowest BCUT2D eigenvalue weighted by Gasteiger charge is -2.63. The average Bonchev–Trinajstić information content (AvgIpc) is 2.89. The number of nitriles is 1. The molecule has 2 aromatic rings. The van der Waals surface area contributed by atoms with Gasteiger partial charge in [0, 0.05) is 42.1 Å². The number of benzene rings is 1. The number of rotatable bonds is 7. The molecule has 0 unspecified atom stereocenters. The fraction of sp³-hybridized carbons (Fsp3) is 0.581. The van der Waals surface area contributed by atoms with Gasteiger partial charge in [-0.1, -0.05) is 39.3 Å². The van der Waals surface area contributed by atoms with Crippen LogP contribution in [0.2, 0.25) is 5.02 Å². The van der Waals surface area contributed by atoms with Gasteiger partial charge in [0.15, 0.2) is 0 Å². The summed E-state index contributed by atoms with van der Waals surface area (Å²) in [4.78, 5) is 20.1. The zero-order valence-electron chi connectivity index (χ0n) is 23.4. The Bertz CT molecular complexity index is 1220. The summed E-state index contributed by atoms with van der Waals surface area (Å²) in [6.45, 7) is 10.5. The van der Waals surface area contributed by atoms with E-state index in [0.29, 0.717) is 28.1 Å². The molecule has 1 aliphatic heterocycles. The van der Waals surface area contributed by atoms with Crippen LogP contribution in [0, 0.1) is 34.0 Å². The van der Waals surface area contributed by atoms with E-state index in [2.05, 4.69) is 49.0 Å². The number of aromatic nitrogens is 1. The number of carbonyl (C=O) groups is 1. The molecule has 0 radical (unpaired) electrons. The molecule has 39 heavy (non-hydrogen) atoms. The molecule has 0 spiro atoms. The van der Waals surface area contributed by atoms with Crippen molar-refractivity contribution >= 4 is 23.2 Å². The van der Waals surface area contributed by atoms with Gasteiger partial charge in [-0.3, -0.25) is 4.79 Å². The highest BCUT2D eigenvalue weighted by atomic mass is 35.5. The number of hydrogen-bond acceptors (Lipinski definition) is 6. The van der Waals surface area contributed by atoms with Crippen molar-refractivity contribution in [2.24, 2.45) is 28.4 Å². The minimum absolute atomic E-state index is 0.109. The van der Waals surface area contributed by atoms with E-state index in [0.717, 1.165) is 30.6 Å². The van der Waals surface area contributed by atoms with Crippen LogP contribution in [-0.2, 0) is 0 Å². The quantitative estimate of drug-likeness (QED) is 0.468. The summed E-state index contributed by atoms with van der Waals surface area (Å²) in [5.41, 5.74) is 7.22. The third-order valence-electron chi connectivity index (χ3n) is 9.33. The van der Waals surface area contributed by atoms with Crippen molar-refractivity contribution in [2.75, 3.05) is 18.0 Å². The fourth-order valence-electron chi connectivity index (χ4n) is 7.39. The average molecular weight is 550 g/mol. The van der Waals surface area contributed by atoms with Gasteiger partial charge in [-0.25, -0.2) is 4.98 Å².